The van der Waals surface area contributed by atoms with E-state index in [0.717, 1.165) is 37.0 Å². The van der Waals surface area contributed by atoms with Crippen molar-refractivity contribution in [1.82, 2.24) is 15.5 Å². The number of hydrogen-bond donors (Lipinski definition) is 2. The van der Waals surface area contributed by atoms with Gasteiger partial charge in [0.25, 0.3) is 5.91 Å². The van der Waals surface area contributed by atoms with Crippen LogP contribution in [-0.2, 0) is 15.1 Å². The second-order valence-electron chi connectivity index (χ2n) is 8.06. The zero-order valence-electron chi connectivity index (χ0n) is 16.7. The Labute approximate surface area is 169 Å². The van der Waals surface area contributed by atoms with Crippen LogP contribution >= 0.6 is 0 Å². The maximum absolute atomic E-state index is 13.1. The highest BCUT2D eigenvalue weighted by Crippen LogP contribution is 2.36. The summed E-state index contributed by atoms with van der Waals surface area (Å²) < 4.78 is 11.3. The molecule has 156 valence electrons. The Morgan fingerprint density at radius 1 is 1.14 bits per heavy atom. The summed E-state index contributed by atoms with van der Waals surface area (Å²) in [5.41, 5.74) is -0.664. The number of nitrogens with zero attached hydrogens (tertiary/aromatic N) is 1. The quantitative estimate of drug-likeness (QED) is 0.753. The first kappa shape index (κ1) is 19.5. The number of amides is 4. The Bertz CT molecular complexity index is 821. The zero-order valence-corrected chi connectivity index (χ0v) is 16.7. The third-order valence-electron chi connectivity index (χ3n) is 5.87. The first-order valence-electron chi connectivity index (χ1n) is 10.3. The monoisotopic (exact) mass is 401 g/mol. The van der Waals surface area contributed by atoms with Gasteiger partial charge in [-0.25, -0.2) is 4.79 Å². The summed E-state index contributed by atoms with van der Waals surface area (Å²) in [6.45, 7) is 2.47. The van der Waals surface area contributed by atoms with Crippen molar-refractivity contribution < 1.29 is 23.9 Å². The van der Waals surface area contributed by atoms with Gasteiger partial charge in [0.05, 0.1) is 13.2 Å². The Kier molecular flexibility index (Phi) is 5.34. The van der Waals surface area contributed by atoms with Crippen LogP contribution in [0.4, 0.5) is 4.79 Å². The normalized spacial score (nSPS) is 24.8. The molecule has 1 aliphatic carbocycles. The second-order valence-corrected chi connectivity index (χ2v) is 8.06. The van der Waals surface area contributed by atoms with E-state index in [-0.39, 0.29) is 18.5 Å². The average molecular weight is 401 g/mol. The summed E-state index contributed by atoms with van der Waals surface area (Å²) in [7, 11) is 0. The summed E-state index contributed by atoms with van der Waals surface area (Å²) in [5.74, 6) is 0.422. The molecular weight excluding hydrogens is 374 g/mol. The first-order chi connectivity index (χ1) is 14.0. The van der Waals surface area contributed by atoms with Crippen LogP contribution < -0.4 is 20.1 Å². The number of hydrogen-bond acceptors (Lipinski definition) is 5. The molecule has 8 heteroatoms. The fourth-order valence-corrected chi connectivity index (χ4v) is 4.17. The van der Waals surface area contributed by atoms with Crippen LogP contribution in [0.2, 0.25) is 0 Å². The van der Waals surface area contributed by atoms with E-state index in [2.05, 4.69) is 10.6 Å². The third kappa shape index (κ3) is 3.88. The van der Waals surface area contributed by atoms with Gasteiger partial charge in [-0.15, -0.1) is 0 Å². The Hall–Kier alpha value is -2.77. The predicted molar refractivity (Wildman–Crippen MR) is 105 cm³/mol. The van der Waals surface area contributed by atoms with Crippen molar-refractivity contribution in [3.05, 3.63) is 23.8 Å². The van der Waals surface area contributed by atoms with E-state index in [4.69, 9.17) is 9.47 Å². The van der Waals surface area contributed by atoms with Crippen molar-refractivity contribution in [3.8, 4) is 11.5 Å². The Balaban J connectivity index is 1.48. The number of urea groups is 1. The molecule has 0 unspecified atom stereocenters. The molecule has 1 saturated heterocycles. The molecule has 8 nitrogen and oxygen atoms in total. The summed E-state index contributed by atoms with van der Waals surface area (Å²) >= 11 is 0. The van der Waals surface area contributed by atoms with Gasteiger partial charge in [0.15, 0.2) is 11.5 Å². The summed E-state index contributed by atoms with van der Waals surface area (Å²) in [5, 5.41) is 5.69. The van der Waals surface area contributed by atoms with Crippen molar-refractivity contribution in [2.24, 2.45) is 0 Å². The molecule has 4 amide bonds. The molecule has 2 aliphatic heterocycles. The average Bonchev–Trinajstić information content (AvgIpc) is 2.88. The first-order valence-corrected chi connectivity index (χ1v) is 10.3. The van der Waals surface area contributed by atoms with Crippen molar-refractivity contribution in [2.45, 2.75) is 57.0 Å². The molecule has 0 aromatic heterocycles. The van der Waals surface area contributed by atoms with Crippen LogP contribution in [0.5, 0.6) is 11.5 Å². The van der Waals surface area contributed by atoms with Crippen LogP contribution in [0.3, 0.4) is 0 Å². The molecule has 0 radical (unpaired) electrons. The maximum atomic E-state index is 13.1. The van der Waals surface area contributed by atoms with E-state index in [0.29, 0.717) is 30.3 Å². The molecule has 1 aromatic carbocycles. The van der Waals surface area contributed by atoms with Crippen LogP contribution in [-0.4, -0.2) is 48.5 Å². The van der Waals surface area contributed by atoms with Gasteiger partial charge in [-0.2, -0.15) is 0 Å². The lowest BCUT2D eigenvalue weighted by atomic mass is 9.91. The molecule has 0 bridgehead atoms. The predicted octanol–water partition coefficient (Wildman–Crippen LogP) is 2.06. The lowest BCUT2D eigenvalue weighted by molar-refractivity contribution is -0.135. The number of fused-ring (bicyclic) bond motifs is 1. The molecule has 29 heavy (non-hydrogen) atoms. The van der Waals surface area contributed by atoms with E-state index in [1.165, 1.54) is 6.42 Å². The molecule has 1 atom stereocenters. The lowest BCUT2D eigenvalue weighted by Crippen LogP contribution is -2.45. The minimum absolute atomic E-state index is 0.130. The van der Waals surface area contributed by atoms with Gasteiger partial charge in [0, 0.05) is 12.5 Å². The van der Waals surface area contributed by atoms with Crippen molar-refractivity contribution in [2.75, 3.05) is 19.8 Å². The van der Waals surface area contributed by atoms with Gasteiger partial charge in [-0.3, -0.25) is 14.5 Å². The van der Waals surface area contributed by atoms with Gasteiger partial charge in [0.1, 0.15) is 12.1 Å². The number of benzene rings is 1. The van der Waals surface area contributed by atoms with E-state index in [9.17, 15) is 14.4 Å². The molecule has 1 saturated carbocycles. The number of carbonyl (C=O) groups is 3. The van der Waals surface area contributed by atoms with Crippen LogP contribution in [0.1, 0.15) is 51.0 Å². The zero-order chi connectivity index (χ0) is 20.4. The molecular formula is C21H27N3O5. The Morgan fingerprint density at radius 2 is 1.86 bits per heavy atom. The van der Waals surface area contributed by atoms with Crippen molar-refractivity contribution >= 4 is 17.8 Å². The van der Waals surface area contributed by atoms with Crippen molar-refractivity contribution in [1.29, 1.82) is 0 Å². The van der Waals surface area contributed by atoms with Gasteiger partial charge in [-0.1, -0.05) is 25.3 Å². The second kappa shape index (κ2) is 7.93. The van der Waals surface area contributed by atoms with Gasteiger partial charge < -0.3 is 20.1 Å². The fourth-order valence-electron chi connectivity index (χ4n) is 4.17. The van der Waals surface area contributed by atoms with E-state index in [1.54, 1.807) is 25.1 Å². The number of nitrogens with one attached hydrogen (secondary N) is 2. The Morgan fingerprint density at radius 3 is 2.62 bits per heavy atom. The molecule has 4 rings (SSSR count). The number of ether oxygens (including phenoxy) is 2. The molecule has 1 aromatic rings. The van der Waals surface area contributed by atoms with Gasteiger partial charge in [-0.05, 0) is 37.5 Å². The molecule has 2 heterocycles. The molecule has 2 N–H and O–H groups in total. The summed E-state index contributed by atoms with van der Waals surface area (Å²) in [6.07, 6.45) is 6.04. The van der Waals surface area contributed by atoms with E-state index in [1.807, 2.05) is 0 Å². The van der Waals surface area contributed by atoms with Gasteiger partial charge >= 0.3 is 6.03 Å². The highest BCUT2D eigenvalue weighted by atomic mass is 16.5. The molecule has 2 fully saturated rings. The largest absolute Gasteiger partial charge is 0.490 e. The summed E-state index contributed by atoms with van der Waals surface area (Å²) in [4.78, 5) is 39.0. The fraction of sp³-hybridized carbons (Fsp3) is 0.571. The number of imide groups is 1. The van der Waals surface area contributed by atoms with Crippen LogP contribution in [0.15, 0.2) is 18.2 Å². The topological polar surface area (TPSA) is 97.0 Å². The highest BCUT2D eigenvalue weighted by Gasteiger charge is 2.49. The third-order valence-corrected chi connectivity index (χ3v) is 5.87. The van der Waals surface area contributed by atoms with Gasteiger partial charge in [0.2, 0.25) is 5.91 Å². The standard InChI is InChI=1S/C21H27N3O5/c1-21(14-8-9-16-17(12-14)29-11-5-10-28-16)19(26)24(20(27)23-21)13-18(25)22-15-6-3-2-4-7-15/h8-9,12,15H,2-7,10-11,13H2,1H3,(H,22,25)(H,23,27)/t21-/m0/s1. The minimum atomic E-state index is -1.26. The lowest BCUT2D eigenvalue weighted by Gasteiger charge is -2.25. The van der Waals surface area contributed by atoms with Crippen LogP contribution in [0.25, 0.3) is 0 Å². The van der Waals surface area contributed by atoms with E-state index < -0.39 is 17.5 Å². The molecule has 3 aliphatic rings. The minimum Gasteiger partial charge on any atom is -0.490 e. The maximum Gasteiger partial charge on any atom is 0.325 e. The molecule has 0 spiro atoms. The SMILES string of the molecule is C[C@@]1(c2ccc3c(c2)OCCCO3)NC(=O)N(CC(=O)NC2CCCCC2)C1=O. The summed E-state index contributed by atoms with van der Waals surface area (Å²) in [6, 6.07) is 4.79. The number of rotatable bonds is 4. The van der Waals surface area contributed by atoms with Crippen LogP contribution in [0, 0.1) is 0 Å². The van der Waals surface area contributed by atoms with E-state index >= 15 is 0 Å². The smallest absolute Gasteiger partial charge is 0.325 e. The highest BCUT2D eigenvalue weighted by molar-refractivity contribution is 6.09. The van der Waals surface area contributed by atoms with Crippen molar-refractivity contribution in [3.63, 3.8) is 0 Å². The number of carbonyl (C=O) groups excluding carboxylic acids is 3.